The third-order valence-electron chi connectivity index (χ3n) is 3.38. The van der Waals surface area contributed by atoms with Gasteiger partial charge in [0.2, 0.25) is 0 Å². The summed E-state index contributed by atoms with van der Waals surface area (Å²) in [7, 11) is -1.96. The fourth-order valence-corrected chi connectivity index (χ4v) is 3.32. The minimum absolute atomic E-state index is 0.0128. The molecule has 148 valence electrons. The van der Waals surface area contributed by atoms with Crippen LogP contribution in [0.15, 0.2) is 41.3 Å². The van der Waals surface area contributed by atoms with Crippen LogP contribution in [0.5, 0.6) is 11.5 Å². The summed E-state index contributed by atoms with van der Waals surface area (Å²) in [6, 6.07) is 7.10. The van der Waals surface area contributed by atoms with Crippen molar-refractivity contribution in [3.63, 3.8) is 0 Å². The van der Waals surface area contributed by atoms with Gasteiger partial charge in [0, 0.05) is 12.1 Å². The van der Waals surface area contributed by atoms with E-state index in [4.69, 9.17) is 9.47 Å². The lowest BCUT2D eigenvalue weighted by Crippen LogP contribution is -2.22. The van der Waals surface area contributed by atoms with Crippen molar-refractivity contribution in [3.05, 3.63) is 42.2 Å². The van der Waals surface area contributed by atoms with E-state index in [1.54, 1.807) is 0 Å². The van der Waals surface area contributed by atoms with Gasteiger partial charge in [-0.05, 0) is 12.1 Å². The Labute approximate surface area is 153 Å². The quantitative estimate of drug-likeness (QED) is 0.685. The first-order valence-electron chi connectivity index (χ1n) is 7.41. The van der Waals surface area contributed by atoms with Gasteiger partial charge in [-0.1, -0.05) is 12.1 Å². The molecule has 0 aliphatic heterocycles. The highest BCUT2D eigenvalue weighted by Crippen LogP contribution is 2.33. The monoisotopic (exact) mass is 408 g/mol. The van der Waals surface area contributed by atoms with Crippen molar-refractivity contribution < 1.29 is 35.5 Å². The Morgan fingerprint density at radius 2 is 1.56 bits per heavy atom. The Balaban J connectivity index is 2.38. The lowest BCUT2D eigenvalue weighted by molar-refractivity contribution is -0.115. The number of sulfonamides is 1. The number of benzene rings is 2. The largest absolute Gasteiger partial charge is 0.493 e. The van der Waals surface area contributed by atoms with Crippen molar-refractivity contribution in [1.29, 1.82) is 0 Å². The number of para-hydroxylation sites is 2. The Morgan fingerprint density at radius 3 is 2.11 bits per heavy atom. The summed E-state index contributed by atoms with van der Waals surface area (Å²) in [5, 5.41) is 2.09. The molecule has 2 N–H and O–H groups in total. The van der Waals surface area contributed by atoms with Gasteiger partial charge in [-0.2, -0.15) is 13.2 Å². The van der Waals surface area contributed by atoms with Crippen molar-refractivity contribution in [2.45, 2.75) is 11.1 Å². The summed E-state index contributed by atoms with van der Waals surface area (Å²) in [5.74, 6) is -1.15. The van der Waals surface area contributed by atoms with Crippen LogP contribution in [0, 0.1) is 5.82 Å². The number of anilines is 2. The van der Waals surface area contributed by atoms with Crippen LogP contribution in [0.1, 0.15) is 0 Å². The van der Waals surface area contributed by atoms with E-state index in [0.29, 0.717) is 0 Å². The average Bonchev–Trinajstić information content (AvgIpc) is 2.59. The molecule has 2 aromatic rings. The van der Waals surface area contributed by atoms with Crippen LogP contribution in [-0.2, 0) is 10.0 Å². The highest BCUT2D eigenvalue weighted by molar-refractivity contribution is 7.92. The Kier molecular flexibility index (Phi) is 6.04. The second-order valence-electron chi connectivity index (χ2n) is 5.26. The molecular weight excluding hydrogens is 392 g/mol. The summed E-state index contributed by atoms with van der Waals surface area (Å²) < 4.78 is 88.5. The predicted molar refractivity (Wildman–Crippen MR) is 91.3 cm³/mol. The van der Waals surface area contributed by atoms with Crippen LogP contribution in [0.3, 0.4) is 0 Å². The maximum atomic E-state index is 14.2. The van der Waals surface area contributed by atoms with Crippen LogP contribution in [0.4, 0.5) is 28.9 Å². The van der Waals surface area contributed by atoms with Crippen molar-refractivity contribution in [1.82, 2.24) is 0 Å². The molecular formula is C16H16F4N2O4S. The highest BCUT2D eigenvalue weighted by atomic mass is 32.2. The minimum atomic E-state index is -4.50. The van der Waals surface area contributed by atoms with E-state index in [9.17, 15) is 26.0 Å². The highest BCUT2D eigenvalue weighted by Gasteiger charge is 2.28. The second-order valence-corrected chi connectivity index (χ2v) is 6.91. The van der Waals surface area contributed by atoms with Crippen molar-refractivity contribution in [3.8, 4) is 11.5 Å². The number of nitrogens with one attached hydrogen (secondary N) is 2. The average molecular weight is 408 g/mol. The zero-order valence-electron chi connectivity index (χ0n) is 14.2. The summed E-state index contributed by atoms with van der Waals surface area (Å²) in [6.45, 7) is -1.36. The Hall–Kier alpha value is -2.69. The summed E-state index contributed by atoms with van der Waals surface area (Å²) in [4.78, 5) is -0.745. The molecule has 0 spiro atoms. The van der Waals surface area contributed by atoms with Crippen LogP contribution in [0.25, 0.3) is 0 Å². The van der Waals surface area contributed by atoms with Gasteiger partial charge in [-0.3, -0.25) is 4.72 Å². The molecule has 0 heterocycles. The van der Waals surface area contributed by atoms with Crippen LogP contribution in [0.2, 0.25) is 0 Å². The number of methoxy groups -OCH3 is 2. The van der Waals surface area contributed by atoms with E-state index < -0.39 is 33.5 Å². The topological polar surface area (TPSA) is 76.7 Å². The number of hydrogen-bond donors (Lipinski definition) is 2. The summed E-state index contributed by atoms with van der Waals surface area (Å²) >= 11 is 0. The molecule has 0 aromatic heterocycles. The molecule has 0 fully saturated rings. The van der Waals surface area contributed by atoms with Crippen LogP contribution >= 0.6 is 0 Å². The number of halogens is 4. The number of rotatable bonds is 7. The zero-order chi connectivity index (χ0) is 20.2. The third-order valence-corrected chi connectivity index (χ3v) is 4.76. The Morgan fingerprint density at radius 1 is 1.00 bits per heavy atom. The van der Waals surface area contributed by atoms with Crippen molar-refractivity contribution in [2.24, 2.45) is 0 Å². The number of ether oxygens (including phenoxy) is 2. The summed E-state index contributed by atoms with van der Waals surface area (Å²) in [5.41, 5.74) is -0.282. The summed E-state index contributed by atoms with van der Waals surface area (Å²) in [6.07, 6.45) is -4.50. The first kappa shape index (κ1) is 20.6. The van der Waals surface area contributed by atoms with E-state index in [0.717, 1.165) is 12.1 Å². The van der Waals surface area contributed by atoms with E-state index >= 15 is 0 Å². The van der Waals surface area contributed by atoms with Gasteiger partial charge in [0.15, 0.2) is 11.5 Å². The molecule has 0 amide bonds. The molecule has 2 aromatic carbocycles. The fraction of sp³-hybridized carbons (Fsp3) is 0.250. The standard InChI is InChI=1S/C16H16F4N2O4S/c1-25-13-7-10(17)15(8-14(13)26-2)27(23,24)22-12-6-4-3-5-11(12)21-9-16(18,19)20/h3-8,21-22H,9H2,1-2H3. The molecule has 0 aliphatic carbocycles. The van der Waals surface area contributed by atoms with Crippen LogP contribution in [-0.4, -0.2) is 35.4 Å². The predicted octanol–water partition coefficient (Wildman–Crippen LogP) is 3.62. The molecule has 6 nitrogen and oxygen atoms in total. The van der Waals surface area contributed by atoms with E-state index in [1.165, 1.54) is 38.5 Å². The van der Waals surface area contributed by atoms with Gasteiger partial charge in [0.25, 0.3) is 10.0 Å². The molecule has 0 radical (unpaired) electrons. The first-order chi connectivity index (χ1) is 12.6. The zero-order valence-corrected chi connectivity index (χ0v) is 15.0. The molecule has 27 heavy (non-hydrogen) atoms. The molecule has 11 heteroatoms. The van der Waals surface area contributed by atoms with E-state index in [2.05, 4.69) is 10.0 Å². The molecule has 0 atom stereocenters. The molecule has 0 saturated heterocycles. The number of hydrogen-bond acceptors (Lipinski definition) is 5. The lowest BCUT2D eigenvalue weighted by atomic mass is 10.3. The SMILES string of the molecule is COc1cc(F)c(S(=O)(=O)Nc2ccccc2NCC(F)(F)F)cc1OC. The van der Waals surface area contributed by atoms with Crippen LogP contribution < -0.4 is 19.5 Å². The molecule has 0 aliphatic rings. The van der Waals surface area contributed by atoms with Gasteiger partial charge in [0.1, 0.15) is 17.3 Å². The minimum Gasteiger partial charge on any atom is -0.493 e. The molecule has 0 bridgehead atoms. The maximum absolute atomic E-state index is 14.2. The van der Waals surface area contributed by atoms with Gasteiger partial charge in [-0.25, -0.2) is 12.8 Å². The lowest BCUT2D eigenvalue weighted by Gasteiger charge is -2.16. The number of alkyl halides is 3. The molecule has 2 rings (SSSR count). The Bertz CT molecular complexity index is 917. The smallest absolute Gasteiger partial charge is 0.405 e. The maximum Gasteiger partial charge on any atom is 0.405 e. The third kappa shape index (κ3) is 5.16. The fourth-order valence-electron chi connectivity index (χ4n) is 2.16. The molecule has 0 unspecified atom stereocenters. The molecule has 0 saturated carbocycles. The van der Waals surface area contributed by atoms with Gasteiger partial charge in [-0.15, -0.1) is 0 Å². The first-order valence-corrected chi connectivity index (χ1v) is 8.89. The van der Waals surface area contributed by atoms with Gasteiger partial charge in [0.05, 0.1) is 25.6 Å². The second kappa shape index (κ2) is 7.91. The van der Waals surface area contributed by atoms with Gasteiger partial charge >= 0.3 is 6.18 Å². The van der Waals surface area contributed by atoms with Crippen molar-refractivity contribution in [2.75, 3.05) is 30.8 Å². The van der Waals surface area contributed by atoms with Gasteiger partial charge < -0.3 is 14.8 Å². The van der Waals surface area contributed by atoms with E-state index in [1.807, 2.05) is 0 Å². The van der Waals surface area contributed by atoms with Crippen molar-refractivity contribution >= 4 is 21.4 Å². The van der Waals surface area contributed by atoms with E-state index in [-0.39, 0.29) is 22.9 Å². The normalized spacial score (nSPS) is 11.8.